The average Bonchev–Trinajstić information content (AvgIpc) is 2.81. The lowest BCUT2D eigenvalue weighted by atomic mass is 10.2. The molecule has 0 amide bonds. The van der Waals surface area contributed by atoms with Crippen LogP contribution in [-0.4, -0.2) is 21.7 Å². The first kappa shape index (κ1) is 11.2. The van der Waals surface area contributed by atoms with Gasteiger partial charge in [0.15, 0.2) is 11.5 Å². The second kappa shape index (κ2) is 4.42. The zero-order valence-corrected chi connectivity index (χ0v) is 11.3. The molecule has 3 rings (SSSR count). The minimum absolute atomic E-state index is 0.815. The van der Waals surface area contributed by atoms with Gasteiger partial charge in [-0.3, -0.25) is 4.40 Å². The van der Waals surface area contributed by atoms with Gasteiger partial charge in [-0.1, -0.05) is 15.9 Å². The van der Waals surface area contributed by atoms with Crippen molar-refractivity contribution in [2.45, 2.75) is 0 Å². The van der Waals surface area contributed by atoms with Crippen molar-refractivity contribution in [3.05, 3.63) is 47.1 Å². The van der Waals surface area contributed by atoms with Crippen molar-refractivity contribution in [3.8, 4) is 17.1 Å². The number of fused-ring (bicyclic) bond motifs is 1. The van der Waals surface area contributed by atoms with Crippen LogP contribution in [0.1, 0.15) is 0 Å². The molecular weight excluding hydrogens is 294 g/mol. The number of hydrogen-bond acceptors (Lipinski definition) is 3. The smallest absolute Gasteiger partial charge is 0.168 e. The van der Waals surface area contributed by atoms with Crippen molar-refractivity contribution in [3.63, 3.8) is 0 Å². The van der Waals surface area contributed by atoms with E-state index in [1.165, 1.54) is 0 Å². The summed E-state index contributed by atoms with van der Waals surface area (Å²) in [5, 5.41) is 8.36. The molecule has 0 N–H and O–H groups in total. The first-order chi connectivity index (χ1) is 8.78. The van der Waals surface area contributed by atoms with Crippen molar-refractivity contribution in [2.24, 2.45) is 0 Å². The van der Waals surface area contributed by atoms with Crippen molar-refractivity contribution < 1.29 is 4.74 Å². The van der Waals surface area contributed by atoms with E-state index < -0.39 is 0 Å². The SMILES string of the molecule is COc1ccc(-c2nnc3cc(Br)ccn23)cc1. The molecule has 0 unspecified atom stereocenters. The summed E-state index contributed by atoms with van der Waals surface area (Å²) in [5.41, 5.74) is 1.82. The molecule has 5 heteroatoms. The van der Waals surface area contributed by atoms with E-state index in [-0.39, 0.29) is 0 Å². The van der Waals surface area contributed by atoms with Gasteiger partial charge in [0, 0.05) is 16.2 Å². The Morgan fingerprint density at radius 1 is 1.11 bits per heavy atom. The van der Waals surface area contributed by atoms with E-state index in [1.807, 2.05) is 47.0 Å². The van der Waals surface area contributed by atoms with Crippen LogP contribution < -0.4 is 4.74 Å². The summed E-state index contributed by atoms with van der Waals surface area (Å²) >= 11 is 3.42. The van der Waals surface area contributed by atoms with Crippen LogP contribution >= 0.6 is 15.9 Å². The summed E-state index contributed by atoms with van der Waals surface area (Å²) in [5.74, 6) is 1.65. The lowest BCUT2D eigenvalue weighted by Crippen LogP contribution is -1.89. The maximum absolute atomic E-state index is 5.14. The Bertz CT molecular complexity index is 691. The average molecular weight is 304 g/mol. The van der Waals surface area contributed by atoms with Crippen LogP contribution in [0.2, 0.25) is 0 Å². The normalized spacial score (nSPS) is 10.8. The fourth-order valence-electron chi connectivity index (χ4n) is 1.80. The molecule has 0 aliphatic rings. The van der Waals surface area contributed by atoms with Gasteiger partial charge < -0.3 is 4.74 Å². The van der Waals surface area contributed by atoms with Gasteiger partial charge in [-0.05, 0) is 36.4 Å². The zero-order chi connectivity index (χ0) is 12.5. The molecule has 0 aliphatic carbocycles. The van der Waals surface area contributed by atoms with Crippen LogP contribution in [0.4, 0.5) is 0 Å². The number of methoxy groups -OCH3 is 1. The molecule has 4 nitrogen and oxygen atoms in total. The van der Waals surface area contributed by atoms with Crippen LogP contribution in [0.25, 0.3) is 17.0 Å². The first-order valence-corrected chi connectivity index (χ1v) is 6.22. The number of ether oxygens (including phenoxy) is 1. The Morgan fingerprint density at radius 3 is 2.61 bits per heavy atom. The number of pyridine rings is 1. The van der Waals surface area contributed by atoms with Gasteiger partial charge in [0.1, 0.15) is 5.75 Å². The Morgan fingerprint density at radius 2 is 1.89 bits per heavy atom. The largest absolute Gasteiger partial charge is 0.497 e. The molecule has 3 aromatic rings. The van der Waals surface area contributed by atoms with Crippen molar-refractivity contribution in [2.75, 3.05) is 7.11 Å². The van der Waals surface area contributed by atoms with Crippen LogP contribution in [-0.2, 0) is 0 Å². The molecule has 0 bridgehead atoms. The highest BCUT2D eigenvalue weighted by Crippen LogP contribution is 2.22. The Labute approximate surface area is 112 Å². The summed E-state index contributed by atoms with van der Waals surface area (Å²) < 4.78 is 8.08. The lowest BCUT2D eigenvalue weighted by molar-refractivity contribution is 0.415. The van der Waals surface area contributed by atoms with Gasteiger partial charge in [0.2, 0.25) is 0 Å². The fourth-order valence-corrected chi connectivity index (χ4v) is 2.13. The van der Waals surface area contributed by atoms with Gasteiger partial charge in [0.05, 0.1) is 7.11 Å². The third kappa shape index (κ3) is 1.86. The summed E-state index contributed by atoms with van der Waals surface area (Å²) in [6.07, 6.45) is 1.94. The van der Waals surface area contributed by atoms with E-state index in [9.17, 15) is 0 Å². The van der Waals surface area contributed by atoms with Crippen LogP contribution in [0, 0.1) is 0 Å². The van der Waals surface area contributed by atoms with E-state index in [1.54, 1.807) is 7.11 Å². The van der Waals surface area contributed by atoms with Crippen LogP contribution in [0.3, 0.4) is 0 Å². The van der Waals surface area contributed by atoms with Gasteiger partial charge in [-0.15, -0.1) is 10.2 Å². The third-order valence-corrected chi connectivity index (χ3v) is 3.21. The molecule has 1 aromatic carbocycles. The van der Waals surface area contributed by atoms with E-state index in [0.29, 0.717) is 0 Å². The van der Waals surface area contributed by atoms with E-state index in [2.05, 4.69) is 26.1 Å². The van der Waals surface area contributed by atoms with E-state index in [4.69, 9.17) is 4.74 Å². The van der Waals surface area contributed by atoms with Crippen molar-refractivity contribution >= 4 is 21.6 Å². The van der Waals surface area contributed by atoms with Gasteiger partial charge in [-0.2, -0.15) is 0 Å². The highest BCUT2D eigenvalue weighted by molar-refractivity contribution is 9.10. The highest BCUT2D eigenvalue weighted by Gasteiger charge is 2.07. The molecule has 18 heavy (non-hydrogen) atoms. The molecule has 0 saturated heterocycles. The van der Waals surface area contributed by atoms with Gasteiger partial charge in [-0.25, -0.2) is 0 Å². The highest BCUT2D eigenvalue weighted by atomic mass is 79.9. The zero-order valence-electron chi connectivity index (χ0n) is 9.67. The Hall–Kier alpha value is -1.88. The minimum Gasteiger partial charge on any atom is -0.497 e. The maximum Gasteiger partial charge on any atom is 0.168 e. The molecule has 0 atom stereocenters. The predicted molar refractivity (Wildman–Crippen MR) is 72.7 cm³/mol. The predicted octanol–water partition coefficient (Wildman–Crippen LogP) is 3.17. The van der Waals surface area contributed by atoms with E-state index in [0.717, 1.165) is 27.3 Å². The number of aromatic nitrogens is 3. The molecular formula is C13H10BrN3O. The lowest BCUT2D eigenvalue weighted by Gasteiger charge is -2.02. The number of halogens is 1. The molecule has 0 spiro atoms. The molecule has 0 fully saturated rings. The molecule has 0 aliphatic heterocycles. The summed E-state index contributed by atoms with van der Waals surface area (Å²) in [6, 6.07) is 11.7. The molecule has 2 heterocycles. The topological polar surface area (TPSA) is 39.4 Å². The Kier molecular flexibility index (Phi) is 2.76. The van der Waals surface area contributed by atoms with Gasteiger partial charge in [0.25, 0.3) is 0 Å². The molecule has 0 saturated carbocycles. The second-order valence-corrected chi connectivity index (χ2v) is 4.74. The quantitative estimate of drug-likeness (QED) is 0.730. The molecule has 2 aromatic heterocycles. The van der Waals surface area contributed by atoms with E-state index >= 15 is 0 Å². The monoisotopic (exact) mass is 303 g/mol. The summed E-state index contributed by atoms with van der Waals surface area (Å²) in [4.78, 5) is 0. The number of benzene rings is 1. The van der Waals surface area contributed by atoms with Crippen LogP contribution in [0.5, 0.6) is 5.75 Å². The minimum atomic E-state index is 0.815. The molecule has 0 radical (unpaired) electrons. The summed E-state index contributed by atoms with van der Waals surface area (Å²) in [7, 11) is 1.65. The maximum atomic E-state index is 5.14. The van der Waals surface area contributed by atoms with Gasteiger partial charge >= 0.3 is 0 Å². The molecule has 90 valence electrons. The van der Waals surface area contributed by atoms with Crippen molar-refractivity contribution in [1.29, 1.82) is 0 Å². The fraction of sp³-hybridized carbons (Fsp3) is 0.0769. The van der Waals surface area contributed by atoms with Crippen molar-refractivity contribution in [1.82, 2.24) is 14.6 Å². The van der Waals surface area contributed by atoms with Crippen LogP contribution in [0.15, 0.2) is 47.1 Å². The number of nitrogens with zero attached hydrogens (tertiary/aromatic N) is 3. The standard InChI is InChI=1S/C13H10BrN3O/c1-18-11-4-2-9(3-5-11)13-16-15-12-8-10(14)6-7-17(12)13/h2-8H,1H3. The number of rotatable bonds is 2. The second-order valence-electron chi connectivity index (χ2n) is 3.83. The first-order valence-electron chi connectivity index (χ1n) is 5.42. The Balaban J connectivity index is 2.13. The third-order valence-electron chi connectivity index (χ3n) is 2.72. The summed E-state index contributed by atoms with van der Waals surface area (Å²) in [6.45, 7) is 0. The number of hydrogen-bond donors (Lipinski definition) is 0.